The Morgan fingerprint density at radius 1 is 0.268 bits per heavy atom. The number of fused-ring (bicyclic) bond motifs is 5. The van der Waals surface area contributed by atoms with Crippen LogP contribution in [0.1, 0.15) is 189 Å². The summed E-state index contributed by atoms with van der Waals surface area (Å²) in [5, 5.41) is 53.6. The first kappa shape index (κ1) is 55.3. The van der Waals surface area contributed by atoms with E-state index in [-0.39, 0.29) is 0 Å². The molecule has 97 heavy (non-hydrogen) atoms. The van der Waals surface area contributed by atoms with E-state index in [1.807, 2.05) is 60.7 Å². The summed E-state index contributed by atoms with van der Waals surface area (Å²) in [5.74, 6) is -8.69. The maximum atomic E-state index is 13.1. The zero-order valence-electron chi connectivity index (χ0n) is 53.7. The summed E-state index contributed by atoms with van der Waals surface area (Å²) in [6.07, 6.45) is 0.539. The van der Waals surface area contributed by atoms with Crippen molar-refractivity contribution in [1.82, 2.24) is 0 Å². The minimum atomic E-state index is -1.12. The SMILES string of the molecule is CC[C@]12C3=C4C5=C1[C@@]1(c6ccc(C(C)C(=O)O)cc6)c6c7ccc8c6[C@]5(c5ccc(C(C)C(=O)O)cc5)c5c-8ccc6c5[C@]4(c4ccc(C(C)C(=O)O)cc4)c4c-6ccc5c4[C@]3(c3ccc(C(C)C(=O)O)cc3)c3c-5ccc4c3[C@]2(c2ccc(C(C)C(=O)O)cc2)c2c-4ccc-7c21. The van der Waals surface area contributed by atoms with Crippen molar-refractivity contribution in [1.29, 1.82) is 0 Å². The van der Waals surface area contributed by atoms with Gasteiger partial charge in [0.05, 0.1) is 56.7 Å². The third-order valence-electron chi connectivity index (χ3n) is 26.6. The molecule has 10 aromatic carbocycles. The van der Waals surface area contributed by atoms with Crippen LogP contribution < -0.4 is 0 Å². The van der Waals surface area contributed by atoms with E-state index in [2.05, 4.69) is 128 Å². The van der Waals surface area contributed by atoms with Gasteiger partial charge in [-0.1, -0.05) is 189 Å². The Morgan fingerprint density at radius 2 is 0.454 bits per heavy atom. The van der Waals surface area contributed by atoms with Gasteiger partial charge < -0.3 is 25.5 Å². The summed E-state index contributed by atoms with van der Waals surface area (Å²) in [5.41, 5.74) is 29.4. The fraction of sp³-hybridized carbons (Fsp3) is 0.207. The van der Waals surface area contributed by atoms with E-state index in [1.165, 1.54) is 77.9 Å². The number of carbonyl (C=O) groups is 5. The van der Waals surface area contributed by atoms with Gasteiger partial charge >= 0.3 is 29.8 Å². The standard InChI is InChI=1S/C87H60O10/c1-7-82-75-73-74-76(82)86(51-24-14-46(15-25-51)41(5)80(94)95)68-58-33-31-56-54-29-28-53-55-30-32-57-59-34-36-61-62-37-35-60(58)70(86)72(62)87(82,52-26-16-47(17-27-52)42(6)81(96)97)71(61)69(59)85(75,50-22-12-45(13-23-50)40(4)79(92)93)67(57)65(55)83(73,48-18-8-43(9-19-48)38(2)77(88)89)63(53)64(54)84(74,66(56)68)49-20-10-44(11-21-49)39(3)78(90)91/h8-42H,7H2,1-6H3,(H,88,89)(H,90,91)(H,92,93)(H,94,95)(H,96,97)/t38?,39?,40?,41?,42?,82-,83+,84-,85+,86-,87+. The van der Waals surface area contributed by atoms with Gasteiger partial charge in [-0.3, -0.25) is 24.0 Å². The lowest BCUT2D eigenvalue weighted by atomic mass is 9.34. The molecular weight excluding hydrogens is 1200 g/mol. The van der Waals surface area contributed by atoms with Crippen molar-refractivity contribution < 1.29 is 49.5 Å². The van der Waals surface area contributed by atoms with Crippen molar-refractivity contribution >= 4 is 29.8 Å². The summed E-state index contributed by atoms with van der Waals surface area (Å²) in [4.78, 5) is 65.5. The first-order valence-electron chi connectivity index (χ1n) is 33.9. The lowest BCUT2D eigenvalue weighted by molar-refractivity contribution is -0.139. The number of hydrogen-bond donors (Lipinski definition) is 5. The molecule has 0 heterocycles. The second-order valence-electron chi connectivity index (χ2n) is 29.5. The van der Waals surface area contributed by atoms with E-state index >= 15 is 0 Å². The molecule has 11 aliphatic rings. The molecule has 0 bridgehead atoms. The van der Waals surface area contributed by atoms with Crippen LogP contribution in [-0.4, -0.2) is 55.4 Å². The summed E-state index contributed by atoms with van der Waals surface area (Å²) in [7, 11) is 0. The molecule has 0 radical (unpaired) electrons. The molecule has 21 rings (SSSR count). The monoisotopic (exact) mass is 1260 g/mol. The second-order valence-corrected chi connectivity index (χ2v) is 29.5. The first-order valence-corrected chi connectivity index (χ1v) is 33.9. The molecule has 10 aromatic rings. The van der Waals surface area contributed by atoms with Gasteiger partial charge in [0.1, 0.15) is 0 Å². The van der Waals surface area contributed by atoms with Gasteiger partial charge in [0, 0.05) is 5.41 Å². The molecule has 0 aromatic heterocycles. The molecule has 0 saturated carbocycles. The van der Waals surface area contributed by atoms with E-state index in [9.17, 15) is 49.5 Å². The Morgan fingerprint density at radius 3 is 0.670 bits per heavy atom. The van der Waals surface area contributed by atoms with Crippen LogP contribution in [0.5, 0.6) is 0 Å². The summed E-state index contributed by atoms with van der Waals surface area (Å²) in [6, 6.07) is 66.2. The maximum absolute atomic E-state index is 13.1. The Labute approximate surface area is 557 Å². The smallest absolute Gasteiger partial charge is 0.310 e. The summed E-state index contributed by atoms with van der Waals surface area (Å²) < 4.78 is 0. The Bertz CT molecular complexity index is 5380. The van der Waals surface area contributed by atoms with Crippen molar-refractivity contribution in [3.05, 3.63) is 316 Å². The normalized spacial score (nSPS) is 25.6. The molecule has 11 atom stereocenters. The molecule has 0 fully saturated rings. The predicted molar refractivity (Wildman–Crippen MR) is 366 cm³/mol. The zero-order valence-corrected chi connectivity index (χ0v) is 53.7. The van der Waals surface area contributed by atoms with Crippen LogP contribution in [0.4, 0.5) is 0 Å². The number of carboxylic acid groups (broad SMARTS) is 5. The Kier molecular flexibility index (Phi) is 9.69. The van der Waals surface area contributed by atoms with Gasteiger partial charge in [0.25, 0.3) is 0 Å². The highest BCUT2D eigenvalue weighted by molar-refractivity contribution is 6.15. The molecule has 0 spiro atoms. The van der Waals surface area contributed by atoms with E-state index < -0.39 is 91.9 Å². The molecule has 5 N–H and O–H groups in total. The molecular formula is C87H60O10. The van der Waals surface area contributed by atoms with Crippen molar-refractivity contribution in [3.63, 3.8) is 0 Å². The minimum Gasteiger partial charge on any atom is -0.481 e. The summed E-state index contributed by atoms with van der Waals surface area (Å²) >= 11 is 0. The highest BCUT2D eigenvalue weighted by atomic mass is 16.4. The van der Waals surface area contributed by atoms with Crippen molar-refractivity contribution in [3.8, 4) is 55.6 Å². The third-order valence-corrected chi connectivity index (χ3v) is 26.6. The predicted octanol–water partition coefficient (Wildman–Crippen LogP) is 16.6. The van der Waals surface area contributed by atoms with E-state index in [0.29, 0.717) is 34.2 Å². The van der Waals surface area contributed by atoms with Gasteiger partial charge in [-0.05, 0) is 230 Å². The zero-order chi connectivity index (χ0) is 66.3. The fourth-order valence-electron chi connectivity index (χ4n) is 22.9. The largest absolute Gasteiger partial charge is 0.481 e. The molecule has 10 heteroatoms. The maximum Gasteiger partial charge on any atom is 0.310 e. The van der Waals surface area contributed by atoms with Crippen LogP contribution in [0, 0.1) is 5.41 Å². The lowest BCUT2D eigenvalue weighted by Crippen LogP contribution is -2.63. The molecule has 0 amide bonds. The third kappa shape index (κ3) is 5.25. The fourth-order valence-corrected chi connectivity index (χ4v) is 22.9. The molecule has 468 valence electrons. The van der Waals surface area contributed by atoms with E-state index in [4.69, 9.17) is 0 Å². The van der Waals surface area contributed by atoms with Crippen molar-refractivity contribution in [2.75, 3.05) is 0 Å². The first-order chi connectivity index (χ1) is 46.8. The number of benzene rings is 10. The van der Waals surface area contributed by atoms with Crippen LogP contribution in [0.3, 0.4) is 0 Å². The molecule has 11 aliphatic carbocycles. The number of aliphatic carboxylic acids is 5. The molecule has 5 unspecified atom stereocenters. The van der Waals surface area contributed by atoms with Gasteiger partial charge in [-0.2, -0.15) is 0 Å². The molecule has 0 aliphatic heterocycles. The summed E-state index contributed by atoms with van der Waals surface area (Å²) in [6.45, 7) is 11.1. The van der Waals surface area contributed by atoms with Crippen LogP contribution in [-0.2, 0) is 51.0 Å². The number of rotatable bonds is 16. The molecule has 0 saturated heterocycles. The average Bonchev–Trinajstić information content (AvgIpc) is 1.39. The highest BCUT2D eigenvalue weighted by Gasteiger charge is 2.86. The highest BCUT2D eigenvalue weighted by Crippen LogP contribution is 2.93. The average molecular weight is 1270 g/mol. The van der Waals surface area contributed by atoms with Gasteiger partial charge in [0.15, 0.2) is 0 Å². The van der Waals surface area contributed by atoms with E-state index in [0.717, 1.165) is 83.5 Å². The van der Waals surface area contributed by atoms with Crippen LogP contribution in [0.15, 0.2) is 204 Å². The minimum absolute atomic E-state index is 0.539. The van der Waals surface area contributed by atoms with Gasteiger partial charge in [0.2, 0.25) is 0 Å². The Balaban J connectivity index is 1.08. The van der Waals surface area contributed by atoms with E-state index in [1.54, 1.807) is 34.6 Å². The van der Waals surface area contributed by atoms with Gasteiger partial charge in [-0.15, -0.1) is 0 Å². The topological polar surface area (TPSA) is 186 Å². The number of carboxylic acids is 5. The number of hydrogen-bond acceptors (Lipinski definition) is 5. The van der Waals surface area contributed by atoms with Gasteiger partial charge in [-0.25, -0.2) is 0 Å². The van der Waals surface area contributed by atoms with Crippen LogP contribution >= 0.6 is 0 Å². The second kappa shape index (κ2) is 17.0. The van der Waals surface area contributed by atoms with Crippen LogP contribution in [0.2, 0.25) is 0 Å². The van der Waals surface area contributed by atoms with Crippen molar-refractivity contribution in [2.24, 2.45) is 5.41 Å². The lowest BCUT2D eigenvalue weighted by Gasteiger charge is -2.66. The van der Waals surface area contributed by atoms with Crippen LogP contribution in [0.25, 0.3) is 55.6 Å². The quantitative estimate of drug-likeness (QED) is 0.0623. The van der Waals surface area contributed by atoms with Crippen molar-refractivity contribution in [2.45, 2.75) is 105 Å². The molecule has 10 nitrogen and oxygen atoms in total. The Hall–Kier alpha value is -11.0. The number of allylic oxidation sites excluding steroid dienone is 4.